The van der Waals surface area contributed by atoms with Crippen LogP contribution in [0.15, 0.2) is 30.5 Å². The number of hydrogen-bond acceptors (Lipinski definition) is 4. The topological polar surface area (TPSA) is 53.4 Å². The number of likely N-dealkylation sites (tertiary alicyclic amines) is 1. The lowest BCUT2D eigenvalue weighted by Gasteiger charge is -2.35. The summed E-state index contributed by atoms with van der Waals surface area (Å²) in [4.78, 5) is 18.4. The van der Waals surface area contributed by atoms with Crippen LogP contribution >= 0.6 is 11.3 Å². The molecular weight excluding hydrogens is 279 g/mol. The van der Waals surface area contributed by atoms with E-state index >= 15 is 0 Å². The molecule has 0 aliphatic carbocycles. The Hall–Kier alpha value is -1.79. The zero-order valence-corrected chi connectivity index (χ0v) is 11.4. The molecule has 0 spiro atoms. The van der Waals surface area contributed by atoms with Crippen LogP contribution < -0.4 is 0 Å². The van der Waals surface area contributed by atoms with Crippen LogP contribution in [0.3, 0.4) is 0 Å². The van der Waals surface area contributed by atoms with Gasteiger partial charge in [-0.05, 0) is 17.7 Å². The Morgan fingerprint density at radius 3 is 2.75 bits per heavy atom. The zero-order chi connectivity index (χ0) is 14.1. The molecule has 1 aromatic carbocycles. The average molecular weight is 292 g/mol. The minimum atomic E-state index is -0.398. The first-order chi connectivity index (χ1) is 9.61. The van der Waals surface area contributed by atoms with Crippen molar-refractivity contribution in [3.8, 4) is 0 Å². The highest BCUT2D eigenvalue weighted by Crippen LogP contribution is 2.21. The lowest BCUT2D eigenvalue weighted by molar-refractivity contribution is 0.00621. The number of carbonyl (C=O) groups excluding carboxylic acids is 1. The van der Waals surface area contributed by atoms with Gasteiger partial charge in [0.05, 0.1) is 17.3 Å². The Balaban J connectivity index is 1.67. The van der Waals surface area contributed by atoms with Crippen molar-refractivity contribution in [3.05, 3.63) is 51.7 Å². The number of halogens is 1. The Kier molecular flexibility index (Phi) is 3.50. The van der Waals surface area contributed by atoms with Crippen LogP contribution in [0, 0.1) is 5.82 Å². The van der Waals surface area contributed by atoms with Crippen molar-refractivity contribution in [1.29, 1.82) is 0 Å². The minimum Gasteiger partial charge on any atom is -0.389 e. The number of amides is 1. The van der Waals surface area contributed by atoms with Crippen LogP contribution in [0.5, 0.6) is 0 Å². The number of β-amino-alcohol motifs (C(OH)–C–C–N with tert-alkyl or cyclic N) is 1. The fraction of sp³-hybridized carbons (Fsp3) is 0.286. The van der Waals surface area contributed by atoms with E-state index in [1.165, 1.54) is 23.5 Å². The van der Waals surface area contributed by atoms with Gasteiger partial charge in [-0.1, -0.05) is 12.1 Å². The first kappa shape index (κ1) is 13.2. The number of nitrogens with zero attached hydrogens (tertiary/aromatic N) is 2. The lowest BCUT2D eigenvalue weighted by atomic mass is 10.1. The number of aliphatic hydroxyl groups is 1. The Morgan fingerprint density at radius 1 is 1.40 bits per heavy atom. The standard InChI is InChI=1S/C14H13FN2O2S/c15-10-3-1-9(2-4-10)5-13-16-6-12(20-13)14(19)17-7-11(18)8-17/h1-4,6,11,18H,5,7-8H2. The summed E-state index contributed by atoms with van der Waals surface area (Å²) in [6.07, 6.45) is 1.75. The normalized spacial score (nSPS) is 15.2. The molecule has 1 aromatic heterocycles. The van der Waals surface area contributed by atoms with Crippen LogP contribution in [0.25, 0.3) is 0 Å². The molecule has 0 atom stereocenters. The number of rotatable bonds is 3. The lowest BCUT2D eigenvalue weighted by Crippen LogP contribution is -2.53. The fourth-order valence-electron chi connectivity index (χ4n) is 2.04. The van der Waals surface area contributed by atoms with Gasteiger partial charge in [-0.25, -0.2) is 9.37 Å². The summed E-state index contributed by atoms with van der Waals surface area (Å²) in [7, 11) is 0. The summed E-state index contributed by atoms with van der Waals surface area (Å²) < 4.78 is 12.8. The van der Waals surface area contributed by atoms with Crippen LogP contribution in [-0.4, -0.2) is 40.1 Å². The number of thiazole rings is 1. The SMILES string of the molecule is O=C(c1cnc(Cc2ccc(F)cc2)s1)N1CC(O)C1. The highest BCUT2D eigenvalue weighted by Gasteiger charge is 2.30. The number of hydrogen-bond donors (Lipinski definition) is 1. The first-order valence-electron chi connectivity index (χ1n) is 6.28. The second-order valence-electron chi connectivity index (χ2n) is 4.79. The quantitative estimate of drug-likeness (QED) is 0.936. The maximum absolute atomic E-state index is 12.8. The molecule has 0 radical (unpaired) electrons. The molecule has 2 aromatic rings. The molecule has 1 amide bonds. The van der Waals surface area contributed by atoms with E-state index in [9.17, 15) is 14.3 Å². The van der Waals surface area contributed by atoms with Gasteiger partial charge in [-0.2, -0.15) is 0 Å². The molecule has 1 N–H and O–H groups in total. The van der Waals surface area contributed by atoms with Gasteiger partial charge in [-0.15, -0.1) is 11.3 Å². The van der Waals surface area contributed by atoms with E-state index < -0.39 is 6.10 Å². The number of benzene rings is 1. The largest absolute Gasteiger partial charge is 0.389 e. The molecule has 1 aliphatic rings. The molecule has 2 heterocycles. The molecule has 4 nitrogen and oxygen atoms in total. The molecule has 1 saturated heterocycles. The number of aromatic nitrogens is 1. The second-order valence-corrected chi connectivity index (χ2v) is 5.90. The third-order valence-electron chi connectivity index (χ3n) is 3.18. The van der Waals surface area contributed by atoms with Gasteiger partial charge < -0.3 is 10.0 Å². The van der Waals surface area contributed by atoms with E-state index in [-0.39, 0.29) is 11.7 Å². The molecule has 104 valence electrons. The summed E-state index contributed by atoms with van der Waals surface area (Å²) in [5.74, 6) is -0.349. The van der Waals surface area contributed by atoms with Gasteiger partial charge in [0.2, 0.25) is 0 Å². The van der Waals surface area contributed by atoms with E-state index in [1.807, 2.05) is 0 Å². The molecule has 1 fully saturated rings. The average Bonchev–Trinajstić information content (AvgIpc) is 2.86. The molecule has 0 saturated carbocycles. The summed E-state index contributed by atoms with van der Waals surface area (Å²) >= 11 is 1.34. The van der Waals surface area contributed by atoms with Gasteiger partial charge in [0, 0.05) is 19.5 Å². The predicted octanol–water partition coefficient (Wildman–Crippen LogP) is 1.69. The number of carbonyl (C=O) groups is 1. The minimum absolute atomic E-state index is 0.0850. The summed E-state index contributed by atoms with van der Waals surface area (Å²) in [5.41, 5.74) is 0.958. The van der Waals surface area contributed by atoms with E-state index in [0.29, 0.717) is 24.4 Å². The maximum Gasteiger partial charge on any atom is 0.265 e. The second kappa shape index (κ2) is 5.30. The molecule has 3 rings (SSSR count). The van der Waals surface area contributed by atoms with Crippen LogP contribution in [0.4, 0.5) is 4.39 Å². The molecule has 20 heavy (non-hydrogen) atoms. The molecular formula is C14H13FN2O2S. The van der Waals surface area contributed by atoms with Crippen molar-refractivity contribution >= 4 is 17.2 Å². The highest BCUT2D eigenvalue weighted by molar-refractivity contribution is 7.13. The van der Waals surface area contributed by atoms with Gasteiger partial charge in [0.1, 0.15) is 10.7 Å². The third-order valence-corrected chi connectivity index (χ3v) is 4.17. The van der Waals surface area contributed by atoms with Gasteiger partial charge >= 0.3 is 0 Å². The maximum atomic E-state index is 12.8. The van der Waals surface area contributed by atoms with Crippen molar-refractivity contribution in [3.63, 3.8) is 0 Å². The van der Waals surface area contributed by atoms with E-state index in [4.69, 9.17) is 0 Å². The Bertz CT molecular complexity index is 620. The van der Waals surface area contributed by atoms with Crippen LogP contribution in [0.2, 0.25) is 0 Å². The summed E-state index contributed by atoms with van der Waals surface area (Å²) in [5, 5.41) is 10.0. The predicted molar refractivity (Wildman–Crippen MR) is 73.2 cm³/mol. The first-order valence-corrected chi connectivity index (χ1v) is 7.10. The number of aliphatic hydroxyl groups excluding tert-OH is 1. The van der Waals surface area contributed by atoms with E-state index in [2.05, 4.69) is 4.98 Å². The Morgan fingerprint density at radius 2 is 2.10 bits per heavy atom. The molecule has 1 aliphatic heterocycles. The zero-order valence-electron chi connectivity index (χ0n) is 10.6. The third kappa shape index (κ3) is 2.71. The molecule has 0 bridgehead atoms. The van der Waals surface area contributed by atoms with Crippen molar-refractivity contribution in [2.24, 2.45) is 0 Å². The van der Waals surface area contributed by atoms with Crippen molar-refractivity contribution < 1.29 is 14.3 Å². The summed E-state index contributed by atoms with van der Waals surface area (Å²) in [6.45, 7) is 0.786. The van der Waals surface area contributed by atoms with E-state index in [1.54, 1.807) is 23.2 Å². The van der Waals surface area contributed by atoms with Crippen molar-refractivity contribution in [1.82, 2.24) is 9.88 Å². The molecule has 6 heteroatoms. The smallest absolute Gasteiger partial charge is 0.265 e. The van der Waals surface area contributed by atoms with Crippen LogP contribution in [-0.2, 0) is 6.42 Å². The molecule has 0 unspecified atom stereocenters. The van der Waals surface area contributed by atoms with Crippen molar-refractivity contribution in [2.75, 3.05) is 13.1 Å². The van der Waals surface area contributed by atoms with Crippen LogP contribution in [0.1, 0.15) is 20.2 Å². The van der Waals surface area contributed by atoms with E-state index in [0.717, 1.165) is 10.6 Å². The van der Waals surface area contributed by atoms with Gasteiger partial charge in [-0.3, -0.25) is 4.79 Å². The summed E-state index contributed by atoms with van der Waals surface area (Å²) in [6, 6.07) is 6.25. The van der Waals surface area contributed by atoms with Gasteiger partial charge in [0.25, 0.3) is 5.91 Å². The van der Waals surface area contributed by atoms with Crippen molar-refractivity contribution in [2.45, 2.75) is 12.5 Å². The Labute approximate surface area is 119 Å². The monoisotopic (exact) mass is 292 g/mol. The fourth-order valence-corrected chi connectivity index (χ4v) is 2.96. The van der Waals surface area contributed by atoms with Gasteiger partial charge in [0.15, 0.2) is 0 Å². The highest BCUT2D eigenvalue weighted by atomic mass is 32.1.